The SMILES string of the molecule is Cc1ccc(-c2ccccc2)cc1.Cc1ccc2c(c1)C(C)(C)c1ccccc1-2.Cc1ccc2c(c1)C(c1ccccc1)(c1ccccc1)c1ccccc1-2.Cc1ccc2c(c1)C1(c3ccccc3-c3ccccc31)c1ccccc1-2.Cc1ccc2ccccc2c1.Cc1cccc(-c2ccccc2)c1.Cc1ccccc1-c1ccccc1. The normalized spacial score (nSPS) is 12.7. The minimum absolute atomic E-state index is 0.151. The molecule has 22 rings (SSSR count). The Hall–Kier alpha value is -13.8. The van der Waals surface area contributed by atoms with E-state index >= 15 is 0 Å². The monoisotopic (exact) mass is 1520 g/mol. The zero-order chi connectivity index (χ0) is 81.2. The third-order valence-corrected chi connectivity index (χ3v) is 23.9. The molecule has 0 heterocycles. The van der Waals surface area contributed by atoms with E-state index in [-0.39, 0.29) is 16.2 Å². The molecule has 118 heavy (non-hydrogen) atoms. The summed E-state index contributed by atoms with van der Waals surface area (Å²) in [6, 6.07) is 159. The third kappa shape index (κ3) is 15.6. The molecule has 0 radical (unpaired) electrons. The molecule has 0 aromatic heterocycles. The number of hydrogen-bond donors (Lipinski definition) is 0. The molecule has 0 amide bonds. The van der Waals surface area contributed by atoms with Gasteiger partial charge in [-0.05, 0) is 198 Å². The average Bonchev–Trinajstić information content (AvgIpc) is 1.51. The van der Waals surface area contributed by atoms with E-state index in [0.717, 1.165) is 0 Å². The van der Waals surface area contributed by atoms with Crippen molar-refractivity contribution in [1.29, 1.82) is 0 Å². The Bertz CT molecular complexity index is 6300. The smallest absolute Gasteiger partial charge is 0.0622 e. The van der Waals surface area contributed by atoms with Gasteiger partial charge >= 0.3 is 0 Å². The number of benzene rings is 18. The van der Waals surface area contributed by atoms with Crippen molar-refractivity contribution in [3.05, 3.63) is 537 Å². The topological polar surface area (TPSA) is 0 Å². The lowest BCUT2D eigenvalue weighted by molar-refractivity contribution is 0.660. The quantitative estimate of drug-likeness (QED) is 0.161. The van der Waals surface area contributed by atoms with Crippen molar-refractivity contribution in [1.82, 2.24) is 0 Å². The van der Waals surface area contributed by atoms with Gasteiger partial charge in [0.1, 0.15) is 0 Å². The summed E-state index contributed by atoms with van der Waals surface area (Å²) in [6.07, 6.45) is 0. The lowest BCUT2D eigenvalue weighted by atomic mass is 9.67. The van der Waals surface area contributed by atoms with Gasteiger partial charge in [0.15, 0.2) is 0 Å². The third-order valence-electron chi connectivity index (χ3n) is 23.9. The maximum atomic E-state index is 2.40. The zero-order valence-electron chi connectivity index (χ0n) is 69.1. The molecule has 0 heteroatoms. The van der Waals surface area contributed by atoms with Crippen molar-refractivity contribution >= 4 is 10.8 Å². The van der Waals surface area contributed by atoms with Gasteiger partial charge in [-0.25, -0.2) is 0 Å². The summed E-state index contributed by atoms with van der Waals surface area (Å²) >= 11 is 0. The van der Waals surface area contributed by atoms with Crippen molar-refractivity contribution in [2.75, 3.05) is 0 Å². The van der Waals surface area contributed by atoms with Gasteiger partial charge in [0.05, 0.1) is 10.8 Å². The molecule has 0 saturated carbocycles. The molecule has 18 aromatic carbocycles. The summed E-state index contributed by atoms with van der Waals surface area (Å²) in [5.41, 5.74) is 41.7. The van der Waals surface area contributed by atoms with E-state index in [1.54, 1.807) is 0 Å². The highest BCUT2D eigenvalue weighted by atomic mass is 14.5. The maximum Gasteiger partial charge on any atom is 0.0725 e. The highest BCUT2D eigenvalue weighted by Crippen LogP contribution is 2.63. The Morgan fingerprint density at radius 1 is 0.153 bits per heavy atom. The van der Waals surface area contributed by atoms with Gasteiger partial charge in [0.2, 0.25) is 0 Å². The summed E-state index contributed by atoms with van der Waals surface area (Å²) in [7, 11) is 0. The van der Waals surface area contributed by atoms with Crippen LogP contribution in [0.4, 0.5) is 0 Å². The molecule has 1 spiro atoms. The fourth-order valence-corrected chi connectivity index (χ4v) is 18.2. The molecule has 0 atom stereocenters. The van der Waals surface area contributed by atoms with E-state index in [0.29, 0.717) is 0 Å². The Morgan fingerprint density at radius 3 is 0.915 bits per heavy atom. The minimum Gasteiger partial charge on any atom is -0.0622 e. The van der Waals surface area contributed by atoms with Gasteiger partial charge in [-0.2, -0.15) is 0 Å². The second-order valence-electron chi connectivity index (χ2n) is 32.2. The standard InChI is InChI=1S/C26H18.C26H20.C16H16.3C13H12.C11H10/c1-17-14-15-21-20-10-4-7-13-24(20)26(25(21)16-17)22-11-5-2-8-18(22)19-9-3-6-12-23(19)26;1-19-16-17-23-22-14-8-9-15-24(22)26(25(23)18-19,20-10-4-2-5-11-20)21-12-6-3-7-13-21;1-11-8-9-13-12-6-4-5-7-14(12)16(2,3)15(13)10-11;1-11-7-5-6-10-13(11)12-8-3-2-4-9-12;1-11-6-5-9-13(10-11)12-7-3-2-4-8-12;1-11-7-9-13(10-8-11)12-5-3-2-4-6-12;1-9-6-7-10-4-2-3-5-11(10)8-9/h2-16H,1H3;2-18H,1H3;4-10H,1-3H3;3*2-10H,1H3;2-8H,1H3. The van der Waals surface area contributed by atoms with E-state index in [1.165, 1.54) is 183 Å². The summed E-state index contributed by atoms with van der Waals surface area (Å²) < 4.78 is 0. The first-order valence-corrected chi connectivity index (χ1v) is 41.4. The lowest BCUT2D eigenvalue weighted by Crippen LogP contribution is -2.28. The van der Waals surface area contributed by atoms with Crippen LogP contribution in [0.5, 0.6) is 0 Å². The molecule has 0 nitrogen and oxygen atoms in total. The van der Waals surface area contributed by atoms with Crippen LogP contribution < -0.4 is 0 Å². The average molecular weight is 1520 g/mol. The van der Waals surface area contributed by atoms with Gasteiger partial charge in [-0.15, -0.1) is 0 Å². The van der Waals surface area contributed by atoms with E-state index < -0.39 is 0 Å². The lowest BCUT2D eigenvalue weighted by Gasteiger charge is -2.34. The van der Waals surface area contributed by atoms with Gasteiger partial charge in [-0.1, -0.05) is 490 Å². The fraction of sp³-hybridized carbons (Fsp3) is 0.102. The van der Waals surface area contributed by atoms with Crippen LogP contribution in [0.3, 0.4) is 0 Å². The molecule has 0 bridgehead atoms. The van der Waals surface area contributed by atoms with Crippen LogP contribution in [0, 0.1) is 48.5 Å². The van der Waals surface area contributed by atoms with E-state index in [1.807, 2.05) is 18.2 Å². The first kappa shape index (κ1) is 78.1. The maximum absolute atomic E-state index is 2.40. The second kappa shape index (κ2) is 34.7. The van der Waals surface area contributed by atoms with Gasteiger partial charge in [0.25, 0.3) is 0 Å². The van der Waals surface area contributed by atoms with Crippen molar-refractivity contribution < 1.29 is 0 Å². The molecule has 0 aliphatic heterocycles. The molecule has 0 fully saturated rings. The molecule has 18 aromatic rings. The molecule has 4 aliphatic carbocycles. The predicted octanol–water partition coefficient (Wildman–Crippen LogP) is 31.1. The van der Waals surface area contributed by atoms with Gasteiger partial charge in [-0.3, -0.25) is 0 Å². The van der Waals surface area contributed by atoms with Crippen molar-refractivity contribution in [3.8, 4) is 77.9 Å². The second-order valence-corrected chi connectivity index (χ2v) is 32.2. The van der Waals surface area contributed by atoms with Gasteiger partial charge in [0, 0.05) is 5.41 Å². The summed E-state index contributed by atoms with van der Waals surface area (Å²) in [5, 5.41) is 2.64. The number of hydrogen-bond acceptors (Lipinski definition) is 0. The minimum atomic E-state index is -0.263. The Balaban J connectivity index is 0.000000106. The first-order valence-electron chi connectivity index (χ1n) is 41.4. The van der Waals surface area contributed by atoms with Gasteiger partial charge < -0.3 is 0 Å². The number of fused-ring (bicyclic) bond motifs is 17. The molecule has 572 valence electrons. The van der Waals surface area contributed by atoms with E-state index in [4.69, 9.17) is 0 Å². The molecule has 0 N–H and O–H groups in total. The first-order chi connectivity index (χ1) is 57.7. The summed E-state index contributed by atoms with van der Waals surface area (Å²) in [6.45, 7) is 19.7. The largest absolute Gasteiger partial charge is 0.0725 e. The summed E-state index contributed by atoms with van der Waals surface area (Å²) in [4.78, 5) is 0. The number of rotatable bonds is 5. The van der Waals surface area contributed by atoms with Crippen LogP contribution in [0.25, 0.3) is 88.7 Å². The zero-order valence-corrected chi connectivity index (χ0v) is 69.1. The van der Waals surface area contributed by atoms with Crippen molar-refractivity contribution in [3.63, 3.8) is 0 Å². The molecular formula is C118H100. The Labute approximate surface area is 699 Å². The highest BCUT2D eigenvalue weighted by molar-refractivity contribution is 5.95. The van der Waals surface area contributed by atoms with Crippen molar-refractivity contribution in [2.45, 2.75) is 78.6 Å². The van der Waals surface area contributed by atoms with E-state index in [2.05, 4.69) is 487 Å². The Morgan fingerprint density at radius 2 is 0.449 bits per heavy atom. The van der Waals surface area contributed by atoms with Crippen LogP contribution in [0.15, 0.2) is 443 Å². The highest BCUT2D eigenvalue weighted by Gasteiger charge is 2.52. The molecule has 0 unspecified atom stereocenters. The Kier molecular flexibility index (Phi) is 23.0. The van der Waals surface area contributed by atoms with Crippen LogP contribution in [-0.2, 0) is 16.2 Å². The van der Waals surface area contributed by atoms with Crippen LogP contribution in [-0.4, -0.2) is 0 Å². The van der Waals surface area contributed by atoms with Crippen LogP contribution in [0.2, 0.25) is 0 Å². The predicted molar refractivity (Wildman–Crippen MR) is 503 cm³/mol. The van der Waals surface area contributed by atoms with Crippen LogP contribution in [0.1, 0.15) is 108 Å². The number of aryl methyl sites for hydroxylation is 7. The van der Waals surface area contributed by atoms with E-state index in [9.17, 15) is 0 Å². The molecule has 4 aliphatic rings. The fourth-order valence-electron chi connectivity index (χ4n) is 18.2. The molecular weight excluding hydrogens is 1420 g/mol. The molecule has 0 saturated heterocycles. The van der Waals surface area contributed by atoms with Crippen molar-refractivity contribution in [2.24, 2.45) is 0 Å². The summed E-state index contributed by atoms with van der Waals surface area (Å²) in [5.74, 6) is 0. The van der Waals surface area contributed by atoms with Crippen LogP contribution >= 0.6 is 0 Å².